The number of nitrogens with one attached hydrogen (secondary N) is 1. The van der Waals surface area contributed by atoms with Crippen molar-refractivity contribution in [3.63, 3.8) is 0 Å². The lowest BCUT2D eigenvalue weighted by atomic mass is 9.97. The van der Waals surface area contributed by atoms with Crippen LogP contribution in [0.5, 0.6) is 0 Å². The van der Waals surface area contributed by atoms with Crippen molar-refractivity contribution in [3.05, 3.63) is 36.5 Å². The maximum absolute atomic E-state index is 13.3. The number of rotatable bonds is 54. The van der Waals surface area contributed by atoms with E-state index in [0.29, 0.717) is 12.8 Å². The molecule has 9 N–H and O–H groups in total. The molecule has 0 aromatic rings. The Morgan fingerprint density at radius 1 is 0.438 bits per heavy atom. The predicted octanol–water partition coefficient (Wildman–Crippen LogP) is 12.6. The van der Waals surface area contributed by atoms with Crippen LogP contribution in [0.1, 0.15) is 284 Å². The maximum atomic E-state index is 13.3. The molecule has 2 aliphatic rings. The Morgan fingerprint density at radius 3 is 1.23 bits per heavy atom. The molecule has 2 aliphatic heterocycles. The first kappa shape index (κ1) is 74.3. The van der Waals surface area contributed by atoms with E-state index < -0.39 is 86.8 Å². The van der Waals surface area contributed by atoms with E-state index in [4.69, 9.17) is 18.9 Å². The maximum Gasteiger partial charge on any atom is 0.220 e. The number of hydrogen-bond acceptors (Lipinski definition) is 13. The van der Waals surface area contributed by atoms with Crippen molar-refractivity contribution in [2.24, 2.45) is 0 Å². The molecule has 12 atom stereocenters. The number of allylic oxidation sites excluding steroid dienone is 5. The van der Waals surface area contributed by atoms with Gasteiger partial charge in [-0.2, -0.15) is 0 Å². The first-order chi connectivity index (χ1) is 39.1. The van der Waals surface area contributed by atoms with E-state index >= 15 is 0 Å². The number of unbranched alkanes of at least 4 members (excludes halogenated alkanes) is 37. The average molecular weight is 1140 g/mol. The van der Waals surface area contributed by atoms with Gasteiger partial charge < -0.3 is 65.1 Å². The Bertz CT molecular complexity index is 1480. The molecular weight excluding hydrogens is 1010 g/mol. The van der Waals surface area contributed by atoms with Gasteiger partial charge in [0.25, 0.3) is 0 Å². The smallest absolute Gasteiger partial charge is 0.220 e. The summed E-state index contributed by atoms with van der Waals surface area (Å²) in [6, 6.07) is -0.936. The molecule has 14 heteroatoms. The predicted molar refractivity (Wildman–Crippen MR) is 323 cm³/mol. The third kappa shape index (κ3) is 36.1. The minimum atomic E-state index is -1.79. The highest BCUT2D eigenvalue weighted by atomic mass is 16.7. The van der Waals surface area contributed by atoms with Crippen LogP contribution in [0.2, 0.25) is 0 Å². The molecule has 0 bridgehead atoms. The van der Waals surface area contributed by atoms with Gasteiger partial charge in [-0.3, -0.25) is 4.79 Å². The molecule has 0 aromatic heterocycles. The summed E-state index contributed by atoms with van der Waals surface area (Å²) in [5.74, 6) is -0.249. The summed E-state index contributed by atoms with van der Waals surface area (Å²) in [5.41, 5.74) is 0. The van der Waals surface area contributed by atoms with Crippen molar-refractivity contribution in [3.8, 4) is 0 Å². The fourth-order valence-electron chi connectivity index (χ4n) is 11.0. The van der Waals surface area contributed by atoms with Crippen LogP contribution in [-0.2, 0) is 23.7 Å². The van der Waals surface area contributed by atoms with Crippen LogP contribution < -0.4 is 5.32 Å². The molecule has 14 nitrogen and oxygen atoms in total. The number of amides is 1. The van der Waals surface area contributed by atoms with Crippen molar-refractivity contribution in [2.45, 2.75) is 357 Å². The quantitative estimate of drug-likeness (QED) is 0.0204. The van der Waals surface area contributed by atoms with Gasteiger partial charge in [0.2, 0.25) is 5.91 Å². The minimum absolute atomic E-state index is 0.249. The number of ether oxygens (including phenoxy) is 4. The van der Waals surface area contributed by atoms with Gasteiger partial charge in [0, 0.05) is 6.42 Å². The number of hydrogen-bond donors (Lipinski definition) is 9. The Labute approximate surface area is 487 Å². The van der Waals surface area contributed by atoms with E-state index in [0.717, 1.165) is 44.9 Å². The summed E-state index contributed by atoms with van der Waals surface area (Å²) in [6.07, 6.45) is 47.7. The Balaban J connectivity index is 1.73. The summed E-state index contributed by atoms with van der Waals surface area (Å²) in [7, 11) is 0. The highest BCUT2D eigenvalue weighted by Gasteiger charge is 2.51. The molecule has 1 amide bonds. The molecule has 2 rings (SSSR count). The molecule has 0 radical (unpaired) electrons. The van der Waals surface area contributed by atoms with Crippen LogP contribution in [0.25, 0.3) is 0 Å². The minimum Gasteiger partial charge on any atom is -0.394 e. The SMILES string of the molecule is CCCCCCCCCCCCCCCCCCC/C=C/CC/C=C/CC/C=C/C(O)C(COC1OC(CO)C(OC2OC(CO)C(O)C(O)C2O)C(O)C1O)NC(=O)CCCCCCCCCCCCCCCCCCCCC. The third-order valence-corrected chi connectivity index (χ3v) is 16.3. The van der Waals surface area contributed by atoms with Crippen molar-refractivity contribution in [2.75, 3.05) is 19.8 Å². The third-order valence-electron chi connectivity index (χ3n) is 16.3. The molecule has 0 saturated carbocycles. The van der Waals surface area contributed by atoms with E-state index in [1.165, 1.54) is 205 Å². The number of carbonyl (C=O) groups is 1. The van der Waals surface area contributed by atoms with Gasteiger partial charge in [-0.15, -0.1) is 0 Å². The van der Waals surface area contributed by atoms with Gasteiger partial charge in [-0.25, -0.2) is 0 Å². The molecule has 80 heavy (non-hydrogen) atoms. The van der Waals surface area contributed by atoms with Crippen LogP contribution in [0.3, 0.4) is 0 Å². The van der Waals surface area contributed by atoms with Gasteiger partial charge in [-0.05, 0) is 44.9 Å². The van der Waals surface area contributed by atoms with E-state index in [2.05, 4.69) is 43.5 Å². The second kappa shape index (κ2) is 51.6. The van der Waals surface area contributed by atoms with Gasteiger partial charge in [0.1, 0.15) is 48.8 Å². The molecule has 0 aromatic carbocycles. The summed E-state index contributed by atoms with van der Waals surface area (Å²) < 4.78 is 22.8. The zero-order valence-corrected chi connectivity index (χ0v) is 50.8. The summed E-state index contributed by atoms with van der Waals surface area (Å²) in [5, 5.41) is 87.3. The normalized spacial score (nSPS) is 24.4. The van der Waals surface area contributed by atoms with Gasteiger partial charge >= 0.3 is 0 Å². The molecular formula is C66H123NO13. The van der Waals surface area contributed by atoms with Crippen molar-refractivity contribution >= 4 is 5.91 Å². The first-order valence-corrected chi connectivity index (χ1v) is 33.2. The van der Waals surface area contributed by atoms with Crippen molar-refractivity contribution in [1.82, 2.24) is 5.32 Å². The lowest BCUT2D eigenvalue weighted by Gasteiger charge is -2.46. The van der Waals surface area contributed by atoms with E-state index in [9.17, 15) is 45.6 Å². The largest absolute Gasteiger partial charge is 0.394 e. The monoisotopic (exact) mass is 1140 g/mol. The average Bonchev–Trinajstić information content (AvgIpc) is 3.46. The van der Waals surface area contributed by atoms with E-state index in [-0.39, 0.29) is 18.9 Å². The molecule has 0 aliphatic carbocycles. The first-order valence-electron chi connectivity index (χ1n) is 33.2. The Morgan fingerprint density at radius 2 is 0.800 bits per heavy atom. The molecule has 2 heterocycles. The summed E-state index contributed by atoms with van der Waals surface area (Å²) >= 11 is 0. The van der Waals surface area contributed by atoms with Crippen LogP contribution >= 0.6 is 0 Å². The number of aliphatic hydroxyl groups excluding tert-OH is 8. The van der Waals surface area contributed by atoms with E-state index in [1.807, 2.05) is 6.08 Å². The van der Waals surface area contributed by atoms with Gasteiger partial charge in [0.15, 0.2) is 12.6 Å². The molecule has 0 spiro atoms. The van der Waals surface area contributed by atoms with Crippen molar-refractivity contribution < 1.29 is 64.6 Å². The number of carbonyl (C=O) groups excluding carboxylic acids is 1. The van der Waals surface area contributed by atoms with Crippen LogP contribution in [-0.4, -0.2) is 140 Å². The topological polar surface area (TPSA) is 228 Å². The lowest BCUT2D eigenvalue weighted by molar-refractivity contribution is -0.359. The summed E-state index contributed by atoms with van der Waals surface area (Å²) in [6.45, 7) is 2.81. The molecule has 470 valence electrons. The fourth-order valence-corrected chi connectivity index (χ4v) is 11.0. The Hall–Kier alpha value is -1.79. The van der Waals surface area contributed by atoms with Gasteiger partial charge in [0.05, 0.1) is 32.0 Å². The standard InChI is InChI=1S/C66H123NO13/c1-3-5-7-9-11-13-15-17-19-21-23-24-25-26-27-28-29-30-32-33-35-37-39-41-43-45-47-49-55(70)54(67-58(71)50-48-46-44-42-40-38-36-34-31-22-20-18-16-14-12-10-8-6-4-2)53-77-65-63(76)61(74)64(57(52-69)79-65)80-66-62(75)60(73)59(72)56(51-68)78-66/h32-33,39,41,47,49,54-57,59-66,68-70,72-76H,3-31,34-38,40,42-46,48,50-53H2,1-2H3,(H,67,71)/b33-32+,41-39+,49-47+. The highest BCUT2D eigenvalue weighted by Crippen LogP contribution is 2.30. The molecule has 12 unspecified atom stereocenters. The second-order valence-electron chi connectivity index (χ2n) is 23.6. The fraction of sp³-hybridized carbons (Fsp3) is 0.894. The van der Waals surface area contributed by atoms with Crippen LogP contribution in [0, 0.1) is 0 Å². The lowest BCUT2D eigenvalue weighted by Crippen LogP contribution is -2.65. The molecule has 2 fully saturated rings. The van der Waals surface area contributed by atoms with E-state index in [1.54, 1.807) is 6.08 Å². The molecule has 2 saturated heterocycles. The van der Waals surface area contributed by atoms with Crippen LogP contribution in [0.4, 0.5) is 0 Å². The van der Waals surface area contributed by atoms with Crippen molar-refractivity contribution in [1.29, 1.82) is 0 Å². The zero-order valence-electron chi connectivity index (χ0n) is 50.8. The summed E-state index contributed by atoms with van der Waals surface area (Å²) in [4.78, 5) is 13.3. The van der Waals surface area contributed by atoms with Gasteiger partial charge in [-0.1, -0.05) is 269 Å². The second-order valence-corrected chi connectivity index (χ2v) is 23.6. The number of aliphatic hydroxyl groups is 8. The zero-order chi connectivity index (χ0) is 58.1. The Kier molecular flexibility index (Phi) is 47.9. The highest BCUT2D eigenvalue weighted by molar-refractivity contribution is 5.76. The van der Waals surface area contributed by atoms with Crippen LogP contribution in [0.15, 0.2) is 36.5 Å².